The Morgan fingerprint density at radius 2 is 1.55 bits per heavy atom. The molecule has 0 saturated carbocycles. The number of carbonyl (C=O) groups excluding carboxylic acids is 5. The van der Waals surface area contributed by atoms with Gasteiger partial charge in [-0.2, -0.15) is 0 Å². The fraction of sp³-hybridized carbons (Fsp3) is 0.250. The van der Waals surface area contributed by atoms with Gasteiger partial charge < -0.3 is 48.9 Å². The molecule has 1 rings (SSSR count). The Morgan fingerprint density at radius 3 is 2.14 bits per heavy atom. The normalized spacial score (nSPS) is 12.3. The lowest BCUT2D eigenvalue weighted by molar-refractivity contribution is -0.131. The third-order valence-electron chi connectivity index (χ3n) is 5.40. The number of guanidine groups is 1. The first-order chi connectivity index (χ1) is 20.9. The highest BCUT2D eigenvalue weighted by Crippen LogP contribution is 2.05. The quantitative estimate of drug-likeness (QED) is 0.0287. The molecule has 0 spiro atoms. The highest BCUT2D eigenvalue weighted by Gasteiger charge is 2.22. The minimum absolute atomic E-state index is 0.0679. The first-order valence-corrected chi connectivity index (χ1v) is 13.2. The van der Waals surface area contributed by atoms with E-state index in [2.05, 4.69) is 27.8 Å². The molecule has 0 aliphatic rings. The Hall–Kier alpha value is -5.61. The lowest BCUT2D eigenvalue weighted by Gasteiger charge is -2.17. The third kappa shape index (κ3) is 14.3. The van der Waals surface area contributed by atoms with Crippen LogP contribution in [0.15, 0.2) is 77.9 Å². The van der Waals surface area contributed by atoms with Crippen molar-refractivity contribution in [3.8, 4) is 0 Å². The topological polar surface area (TPSA) is 285 Å². The van der Waals surface area contributed by atoms with Crippen LogP contribution in [0.5, 0.6) is 0 Å². The molecule has 1 aromatic rings. The minimum Gasteiger partial charge on any atom is -0.478 e. The molecule has 0 aromatic heterocycles. The van der Waals surface area contributed by atoms with Crippen molar-refractivity contribution < 1.29 is 33.9 Å². The van der Waals surface area contributed by atoms with E-state index < -0.39 is 47.0 Å². The maximum absolute atomic E-state index is 13.3. The number of carbonyl (C=O) groups is 6. The molecular formula is C28H37N9O7. The van der Waals surface area contributed by atoms with Crippen LogP contribution in [0.25, 0.3) is 0 Å². The number of amides is 4. The summed E-state index contributed by atoms with van der Waals surface area (Å²) >= 11 is 0. The van der Waals surface area contributed by atoms with Crippen LogP contribution in [0.3, 0.4) is 0 Å². The number of benzene rings is 1. The van der Waals surface area contributed by atoms with Crippen LogP contribution < -0.4 is 43.8 Å². The zero-order chi connectivity index (χ0) is 33.1. The standard InChI is InChI=1S/C28H37N9O7/c1-17(24(41)35-19(16-38)15-23(39)40)34-26(43)22(11-7-13-33-28(31)32)37-27(44)21(10-5-6-12-29)36-25(42)20(30)14-18-8-3-2-4-9-18/h2-4,8-11,15-16,20H,1,5-7,12-14,29-30H2,(H,34,43)(H,35,41)(H,36,42)(H,37,44)(H,39,40)(H4,31,32,33)/b19-15+,21-10-,22-11-. The number of carboxylic acid groups (broad SMARTS) is 1. The summed E-state index contributed by atoms with van der Waals surface area (Å²) in [4.78, 5) is 73.3. The molecule has 0 fully saturated rings. The highest BCUT2D eigenvalue weighted by molar-refractivity contribution is 6.07. The number of allylic oxidation sites excluding steroid dienone is 2. The van der Waals surface area contributed by atoms with Crippen LogP contribution in [0.4, 0.5) is 0 Å². The average Bonchev–Trinajstić information content (AvgIpc) is 2.97. The van der Waals surface area contributed by atoms with E-state index in [1.54, 1.807) is 24.3 Å². The summed E-state index contributed by atoms with van der Waals surface area (Å²) in [5.74, 6) is -5.52. The van der Waals surface area contributed by atoms with Gasteiger partial charge in [-0.05, 0) is 37.8 Å². The van der Waals surface area contributed by atoms with E-state index in [0.29, 0.717) is 25.5 Å². The number of nitrogens with one attached hydrogen (secondary N) is 6. The summed E-state index contributed by atoms with van der Waals surface area (Å²) in [7, 11) is 0. The number of aldehydes is 1. The molecule has 0 radical (unpaired) electrons. The number of carboxylic acids is 1. The largest absolute Gasteiger partial charge is 0.478 e. The predicted octanol–water partition coefficient (Wildman–Crippen LogP) is -1.92. The SMILES string of the molecule is C=C(NC(=O)/C(=C/CCNC(=N)N)NC(=O)/C(=C/CCCN)NC(=O)C(N)Cc1ccccc1)C(=O)N/C(C=O)=C/C(=O)O. The van der Waals surface area contributed by atoms with Gasteiger partial charge in [0.15, 0.2) is 12.2 Å². The van der Waals surface area contributed by atoms with E-state index >= 15 is 0 Å². The second-order valence-electron chi connectivity index (χ2n) is 8.98. The molecule has 16 heteroatoms. The van der Waals surface area contributed by atoms with Gasteiger partial charge in [0.05, 0.1) is 23.5 Å². The maximum Gasteiger partial charge on any atom is 0.330 e. The lowest BCUT2D eigenvalue weighted by Crippen LogP contribution is -2.45. The molecule has 44 heavy (non-hydrogen) atoms. The first-order valence-electron chi connectivity index (χ1n) is 13.2. The van der Waals surface area contributed by atoms with E-state index in [0.717, 1.165) is 5.56 Å². The molecule has 236 valence electrons. The molecular weight excluding hydrogens is 574 g/mol. The second kappa shape index (κ2) is 19.5. The van der Waals surface area contributed by atoms with E-state index in [4.69, 9.17) is 27.7 Å². The van der Waals surface area contributed by atoms with Gasteiger partial charge in [-0.15, -0.1) is 0 Å². The van der Waals surface area contributed by atoms with Gasteiger partial charge in [0.2, 0.25) is 5.91 Å². The molecule has 0 aliphatic heterocycles. The van der Waals surface area contributed by atoms with Gasteiger partial charge in [0.1, 0.15) is 11.4 Å². The molecule has 0 heterocycles. The van der Waals surface area contributed by atoms with E-state index in [1.807, 2.05) is 11.4 Å². The zero-order valence-electron chi connectivity index (χ0n) is 23.9. The summed E-state index contributed by atoms with van der Waals surface area (Å²) in [6.07, 6.45) is 4.24. The molecule has 0 aliphatic carbocycles. The van der Waals surface area contributed by atoms with Crippen LogP contribution in [-0.4, -0.2) is 66.1 Å². The van der Waals surface area contributed by atoms with Gasteiger partial charge in [-0.3, -0.25) is 29.4 Å². The predicted molar refractivity (Wildman–Crippen MR) is 161 cm³/mol. The van der Waals surface area contributed by atoms with Gasteiger partial charge >= 0.3 is 5.97 Å². The van der Waals surface area contributed by atoms with Crippen molar-refractivity contribution in [2.75, 3.05) is 13.1 Å². The van der Waals surface area contributed by atoms with Crippen molar-refractivity contribution in [3.05, 3.63) is 83.5 Å². The van der Waals surface area contributed by atoms with Crippen molar-refractivity contribution >= 4 is 41.8 Å². The minimum atomic E-state index is -1.50. The molecule has 4 amide bonds. The molecule has 1 unspecified atom stereocenters. The van der Waals surface area contributed by atoms with E-state index in [-0.39, 0.29) is 43.0 Å². The van der Waals surface area contributed by atoms with Crippen molar-refractivity contribution in [3.63, 3.8) is 0 Å². The molecule has 1 atom stereocenters. The van der Waals surface area contributed by atoms with Gasteiger partial charge in [-0.1, -0.05) is 49.1 Å². The van der Waals surface area contributed by atoms with Gasteiger partial charge in [-0.25, -0.2) is 4.79 Å². The number of nitrogens with two attached hydrogens (primary N) is 3. The Bertz CT molecular complexity index is 1340. The summed E-state index contributed by atoms with van der Waals surface area (Å²) in [5.41, 5.74) is 15.9. The van der Waals surface area contributed by atoms with Crippen molar-refractivity contribution in [1.82, 2.24) is 26.6 Å². The maximum atomic E-state index is 13.3. The molecule has 16 nitrogen and oxygen atoms in total. The Morgan fingerprint density at radius 1 is 0.932 bits per heavy atom. The molecule has 0 saturated heterocycles. The Balaban J connectivity index is 3.14. The number of hydrogen-bond donors (Lipinski definition) is 10. The van der Waals surface area contributed by atoms with Crippen molar-refractivity contribution in [2.24, 2.45) is 17.2 Å². The summed E-state index contributed by atoms with van der Waals surface area (Å²) < 4.78 is 0. The summed E-state index contributed by atoms with van der Waals surface area (Å²) in [6.45, 7) is 3.80. The number of unbranched alkanes of at least 4 members (excludes halogenated alkanes) is 1. The highest BCUT2D eigenvalue weighted by atomic mass is 16.4. The summed E-state index contributed by atoms with van der Waals surface area (Å²) in [6, 6.07) is 7.99. The fourth-order valence-electron chi connectivity index (χ4n) is 3.26. The van der Waals surface area contributed by atoms with Gasteiger partial charge in [0, 0.05) is 6.54 Å². The molecule has 0 bridgehead atoms. The fourth-order valence-corrected chi connectivity index (χ4v) is 3.26. The number of rotatable bonds is 18. The van der Waals surface area contributed by atoms with Crippen LogP contribution in [0.1, 0.15) is 24.8 Å². The van der Waals surface area contributed by atoms with Crippen molar-refractivity contribution in [1.29, 1.82) is 5.41 Å². The Labute approximate surface area is 253 Å². The van der Waals surface area contributed by atoms with E-state index in [9.17, 15) is 28.8 Å². The van der Waals surface area contributed by atoms with E-state index in [1.165, 1.54) is 12.2 Å². The summed E-state index contributed by atoms with van der Waals surface area (Å²) in [5, 5.41) is 27.5. The first kappa shape index (κ1) is 36.4. The van der Waals surface area contributed by atoms with Crippen LogP contribution in [-0.2, 0) is 35.2 Å². The number of aliphatic carboxylic acids is 1. The number of hydrogen-bond acceptors (Lipinski definition) is 9. The zero-order valence-corrected chi connectivity index (χ0v) is 23.9. The second-order valence-corrected chi connectivity index (χ2v) is 8.98. The van der Waals surface area contributed by atoms with Crippen LogP contribution in [0, 0.1) is 5.41 Å². The van der Waals surface area contributed by atoms with Crippen LogP contribution in [0.2, 0.25) is 0 Å². The Kier molecular flexibility index (Phi) is 16.1. The van der Waals surface area contributed by atoms with Gasteiger partial charge in [0.25, 0.3) is 17.7 Å². The molecule has 13 N–H and O–H groups in total. The van der Waals surface area contributed by atoms with Crippen molar-refractivity contribution in [2.45, 2.75) is 31.7 Å². The monoisotopic (exact) mass is 611 g/mol. The van der Waals surface area contributed by atoms with Crippen LogP contribution >= 0.6 is 0 Å². The lowest BCUT2D eigenvalue weighted by atomic mass is 10.1. The smallest absolute Gasteiger partial charge is 0.330 e. The average molecular weight is 612 g/mol. The molecule has 1 aromatic carbocycles. The third-order valence-corrected chi connectivity index (χ3v) is 5.40.